The summed E-state index contributed by atoms with van der Waals surface area (Å²) in [6, 6.07) is 14.4. The van der Waals surface area contributed by atoms with Crippen LogP contribution in [0.2, 0.25) is 0 Å². The molecule has 6 rings (SSSR count). The Kier molecular flexibility index (Phi) is 5.74. The third-order valence-corrected chi connectivity index (χ3v) is 7.44. The molecule has 5 heterocycles. The molecule has 0 bridgehead atoms. The molecule has 1 unspecified atom stereocenters. The van der Waals surface area contributed by atoms with E-state index >= 15 is 0 Å². The van der Waals surface area contributed by atoms with E-state index in [-0.39, 0.29) is 18.0 Å². The molecule has 0 saturated carbocycles. The molecule has 0 spiro atoms. The number of benzene rings is 1. The molecule has 2 aliphatic heterocycles. The Balaban J connectivity index is 1.30. The van der Waals surface area contributed by atoms with E-state index in [0.717, 1.165) is 31.3 Å². The number of likely N-dealkylation sites (tertiary alicyclic amines) is 1. The van der Waals surface area contributed by atoms with Gasteiger partial charge in [0.05, 0.1) is 23.0 Å². The van der Waals surface area contributed by atoms with Crippen LogP contribution in [0.1, 0.15) is 22.5 Å². The van der Waals surface area contributed by atoms with Gasteiger partial charge in [0.2, 0.25) is 0 Å². The Morgan fingerprint density at radius 1 is 1.14 bits per heavy atom. The Hall–Kier alpha value is -4.02. The Bertz CT molecular complexity index is 1440. The van der Waals surface area contributed by atoms with Crippen LogP contribution < -0.4 is 20.3 Å². The first-order valence-electron chi connectivity index (χ1n) is 11.8. The van der Waals surface area contributed by atoms with E-state index in [1.807, 2.05) is 30.3 Å². The number of carbonyl (C=O) groups is 2. The van der Waals surface area contributed by atoms with Crippen LogP contribution in [0, 0.1) is 0 Å². The molecule has 0 radical (unpaired) electrons. The van der Waals surface area contributed by atoms with E-state index in [4.69, 9.17) is 4.74 Å². The summed E-state index contributed by atoms with van der Waals surface area (Å²) in [7, 11) is 2.06. The first-order valence-corrected chi connectivity index (χ1v) is 12.6. The Morgan fingerprint density at radius 3 is 2.78 bits per heavy atom. The molecule has 3 amide bonds. The van der Waals surface area contributed by atoms with E-state index in [1.165, 1.54) is 16.2 Å². The van der Waals surface area contributed by atoms with Crippen molar-refractivity contribution in [3.05, 3.63) is 65.8 Å². The van der Waals surface area contributed by atoms with Crippen molar-refractivity contribution in [3.63, 3.8) is 0 Å². The molecule has 3 aromatic heterocycles. The number of hydrogen-bond donors (Lipinski definition) is 2. The smallest absolute Gasteiger partial charge is 0.332 e. The fourth-order valence-electron chi connectivity index (χ4n) is 4.70. The van der Waals surface area contributed by atoms with Crippen LogP contribution >= 0.6 is 11.3 Å². The van der Waals surface area contributed by atoms with Gasteiger partial charge in [0.25, 0.3) is 5.91 Å². The van der Waals surface area contributed by atoms with Crippen LogP contribution in [-0.4, -0.2) is 53.0 Å². The first-order chi connectivity index (χ1) is 17.6. The van der Waals surface area contributed by atoms with Crippen LogP contribution in [0.4, 0.5) is 22.0 Å². The highest BCUT2D eigenvalue weighted by atomic mass is 32.1. The highest BCUT2D eigenvalue weighted by molar-refractivity contribution is 7.21. The number of amides is 3. The lowest BCUT2D eigenvalue weighted by Crippen LogP contribution is -2.46. The van der Waals surface area contributed by atoms with Gasteiger partial charge in [0, 0.05) is 18.8 Å². The van der Waals surface area contributed by atoms with Crippen molar-refractivity contribution in [2.75, 3.05) is 30.4 Å². The number of rotatable bonds is 5. The summed E-state index contributed by atoms with van der Waals surface area (Å²) in [6.45, 7) is 1.85. The predicted octanol–water partition coefficient (Wildman–Crippen LogP) is 4.99. The minimum absolute atomic E-state index is 0.0812. The minimum atomic E-state index is -0.385. The van der Waals surface area contributed by atoms with Gasteiger partial charge >= 0.3 is 6.03 Å². The number of urea groups is 1. The second-order valence-corrected chi connectivity index (χ2v) is 9.92. The highest BCUT2D eigenvalue weighted by Crippen LogP contribution is 2.45. The van der Waals surface area contributed by atoms with Crippen LogP contribution in [0.15, 0.2) is 60.9 Å². The molecule has 1 saturated heterocycles. The van der Waals surface area contributed by atoms with Gasteiger partial charge in [-0.15, -0.1) is 11.3 Å². The van der Waals surface area contributed by atoms with Crippen LogP contribution in [0.5, 0.6) is 11.5 Å². The summed E-state index contributed by atoms with van der Waals surface area (Å²) in [5.74, 6) is 1.51. The largest absolute Gasteiger partial charge is 0.456 e. The number of nitrogens with zero attached hydrogens (tertiary/aromatic N) is 4. The van der Waals surface area contributed by atoms with Gasteiger partial charge in [0.1, 0.15) is 27.0 Å². The van der Waals surface area contributed by atoms with Crippen molar-refractivity contribution in [2.24, 2.45) is 0 Å². The average molecular weight is 501 g/mol. The van der Waals surface area contributed by atoms with Crippen molar-refractivity contribution >= 4 is 50.7 Å². The van der Waals surface area contributed by atoms with Gasteiger partial charge in [-0.2, -0.15) is 0 Å². The van der Waals surface area contributed by atoms with E-state index in [1.54, 1.807) is 30.6 Å². The van der Waals surface area contributed by atoms with E-state index in [9.17, 15) is 9.59 Å². The second-order valence-electron chi connectivity index (χ2n) is 8.92. The van der Waals surface area contributed by atoms with Crippen LogP contribution in [-0.2, 0) is 0 Å². The molecule has 0 aliphatic carbocycles. The van der Waals surface area contributed by atoms with Crippen molar-refractivity contribution < 1.29 is 14.3 Å². The number of piperidine rings is 1. The molecule has 2 N–H and O–H groups in total. The maximum Gasteiger partial charge on any atom is 0.332 e. The Labute approximate surface area is 211 Å². The summed E-state index contributed by atoms with van der Waals surface area (Å²) in [5, 5.41) is 6.79. The molecule has 182 valence electrons. The number of aromatic nitrogens is 2. The van der Waals surface area contributed by atoms with Gasteiger partial charge in [-0.25, -0.2) is 19.7 Å². The number of hydrogen-bond acceptors (Lipinski definition) is 7. The summed E-state index contributed by atoms with van der Waals surface area (Å²) in [4.78, 5) is 40.3. The quantitative estimate of drug-likeness (QED) is 0.400. The van der Waals surface area contributed by atoms with Gasteiger partial charge in [0.15, 0.2) is 0 Å². The number of anilines is 3. The van der Waals surface area contributed by atoms with Gasteiger partial charge in [-0.3, -0.25) is 4.79 Å². The second kappa shape index (κ2) is 9.21. The lowest BCUT2D eigenvalue weighted by atomic mass is 10.1. The number of pyridine rings is 2. The number of ether oxygens (including phenoxy) is 1. The minimum Gasteiger partial charge on any atom is -0.456 e. The normalized spacial score (nSPS) is 17.6. The van der Waals surface area contributed by atoms with E-state index in [2.05, 4.69) is 32.5 Å². The van der Waals surface area contributed by atoms with Crippen molar-refractivity contribution in [2.45, 2.75) is 18.9 Å². The lowest BCUT2D eigenvalue weighted by molar-refractivity contribution is 0.0917. The third kappa shape index (κ3) is 4.14. The fourth-order valence-corrected chi connectivity index (χ4v) is 5.72. The number of likely N-dealkylation sites (N-methyl/N-ethyl adjacent to an activating group) is 1. The van der Waals surface area contributed by atoms with Crippen molar-refractivity contribution in [3.8, 4) is 11.5 Å². The topological polar surface area (TPSA) is 99.7 Å². The monoisotopic (exact) mass is 500 g/mol. The van der Waals surface area contributed by atoms with Crippen molar-refractivity contribution in [1.29, 1.82) is 0 Å². The zero-order chi connectivity index (χ0) is 24.6. The average Bonchev–Trinajstić information content (AvgIpc) is 3.25. The zero-order valence-electron chi connectivity index (χ0n) is 19.6. The summed E-state index contributed by atoms with van der Waals surface area (Å²) in [6.07, 6.45) is 5.21. The number of nitrogens with one attached hydrogen (secondary N) is 2. The van der Waals surface area contributed by atoms with Gasteiger partial charge in [-0.05, 0) is 56.8 Å². The maximum absolute atomic E-state index is 13.3. The molecular formula is C26H24N6O3S. The predicted molar refractivity (Wildman–Crippen MR) is 140 cm³/mol. The highest BCUT2D eigenvalue weighted by Gasteiger charge is 2.34. The molecule has 2 aliphatic rings. The third-order valence-electron chi connectivity index (χ3n) is 6.34. The van der Waals surface area contributed by atoms with Gasteiger partial charge < -0.3 is 20.3 Å². The zero-order valence-corrected chi connectivity index (χ0v) is 20.4. The molecule has 1 fully saturated rings. The summed E-state index contributed by atoms with van der Waals surface area (Å²) < 4.78 is 5.82. The molecule has 10 heteroatoms. The number of carbonyl (C=O) groups excluding carboxylic acids is 2. The SMILES string of the molecule is CN1CCCC(NC(=O)c2sc3nccc4c3c2NC(=O)N4c2ccc(Oc3ccccc3)cn2)C1. The first kappa shape index (κ1) is 22.4. The van der Waals surface area contributed by atoms with E-state index in [0.29, 0.717) is 38.4 Å². The lowest BCUT2D eigenvalue weighted by Gasteiger charge is -2.30. The molecule has 1 atom stereocenters. The molecular weight excluding hydrogens is 476 g/mol. The number of thiophene rings is 1. The maximum atomic E-state index is 13.3. The molecule has 4 aromatic rings. The Morgan fingerprint density at radius 2 is 2.00 bits per heavy atom. The number of para-hydroxylation sites is 1. The van der Waals surface area contributed by atoms with E-state index < -0.39 is 0 Å². The molecule has 1 aromatic carbocycles. The molecule has 36 heavy (non-hydrogen) atoms. The van der Waals surface area contributed by atoms with Gasteiger partial charge in [-0.1, -0.05) is 18.2 Å². The van der Waals surface area contributed by atoms with Crippen LogP contribution in [0.3, 0.4) is 0 Å². The summed E-state index contributed by atoms with van der Waals surface area (Å²) in [5.41, 5.74) is 1.14. The summed E-state index contributed by atoms with van der Waals surface area (Å²) >= 11 is 1.28. The van der Waals surface area contributed by atoms with Crippen LogP contribution in [0.25, 0.3) is 10.2 Å². The van der Waals surface area contributed by atoms with Crippen molar-refractivity contribution in [1.82, 2.24) is 20.2 Å². The molecule has 9 nitrogen and oxygen atoms in total. The fraction of sp³-hybridized carbons (Fsp3) is 0.231. The standard InChI is InChI=1S/C26H24N6O3S/c1-31-13-5-6-16(15-31)29-24(33)23-22-21-19(11-12-27-25(21)36-23)32(26(34)30-22)20-10-9-18(14-28-20)35-17-7-3-2-4-8-17/h2-4,7-12,14,16H,5-6,13,15H2,1H3,(H,29,33)(H,30,34).